The number of rotatable bonds is 5. The van der Waals surface area contributed by atoms with E-state index in [2.05, 4.69) is 20.3 Å². The molecule has 1 saturated heterocycles. The summed E-state index contributed by atoms with van der Waals surface area (Å²) in [6, 6.07) is 6.65. The largest absolute Gasteiger partial charge is 0.441 e. The molecule has 3 aromatic heterocycles. The summed E-state index contributed by atoms with van der Waals surface area (Å²) >= 11 is 1.45. The van der Waals surface area contributed by atoms with Crippen molar-refractivity contribution in [3.05, 3.63) is 54.1 Å². The van der Waals surface area contributed by atoms with Crippen molar-refractivity contribution in [1.29, 1.82) is 0 Å². The maximum Gasteiger partial charge on any atom is 0.415 e. The zero-order valence-corrected chi connectivity index (χ0v) is 20.1. The molecule has 0 unspecified atom stereocenters. The third kappa shape index (κ3) is 5.37. The topological polar surface area (TPSA) is 80.2 Å². The van der Waals surface area contributed by atoms with Gasteiger partial charge in [-0.05, 0) is 55.9 Å². The normalized spacial score (nSPS) is 21.8. The Bertz CT molecular complexity index is 1080. The molecule has 7 nitrogen and oxygen atoms in total. The summed E-state index contributed by atoms with van der Waals surface area (Å²) in [7, 11) is 0. The molecular weight excluding hydrogens is 488 g/mol. The highest BCUT2D eigenvalue weighted by molar-refractivity contribution is 7.14. The van der Waals surface area contributed by atoms with Crippen LogP contribution in [0.2, 0.25) is 0 Å². The molecule has 0 aromatic carbocycles. The van der Waals surface area contributed by atoms with Gasteiger partial charge in [0.25, 0.3) is 0 Å². The Morgan fingerprint density at radius 1 is 1.21 bits per heavy atom. The van der Waals surface area contributed by atoms with Crippen molar-refractivity contribution in [2.45, 2.75) is 31.3 Å². The maximum atomic E-state index is 13.9. The second kappa shape index (κ2) is 10.6. The predicted octanol–water partition coefficient (Wildman–Crippen LogP) is 5.58. The van der Waals surface area contributed by atoms with Crippen LogP contribution in [0, 0.1) is 11.7 Å². The van der Waals surface area contributed by atoms with E-state index in [0.29, 0.717) is 18.2 Å². The highest BCUT2D eigenvalue weighted by Crippen LogP contribution is 2.40. The van der Waals surface area contributed by atoms with E-state index in [9.17, 15) is 9.18 Å². The number of halogens is 3. The lowest BCUT2D eigenvalue weighted by atomic mass is 9.78. The van der Waals surface area contributed by atoms with E-state index in [1.54, 1.807) is 29.6 Å². The Morgan fingerprint density at radius 3 is 2.73 bits per heavy atom. The third-order valence-electron chi connectivity index (χ3n) is 5.99. The lowest BCUT2D eigenvalue weighted by molar-refractivity contribution is 0.0148. The number of nitrogens with one attached hydrogen (secondary N) is 1. The van der Waals surface area contributed by atoms with Crippen LogP contribution in [-0.4, -0.2) is 39.7 Å². The van der Waals surface area contributed by atoms with E-state index in [1.165, 1.54) is 17.4 Å². The SMILES string of the molecule is Cl.Cl.O=C1O[C@]2(CC[C@H](CNc3nc(-c4ncccc4F)cs3)CC2)CN1c1cccnc1. The van der Waals surface area contributed by atoms with Gasteiger partial charge in [0.2, 0.25) is 0 Å². The Morgan fingerprint density at radius 2 is 2.00 bits per heavy atom. The first-order valence-corrected chi connectivity index (χ1v) is 11.2. The van der Waals surface area contributed by atoms with Crippen LogP contribution < -0.4 is 10.2 Å². The molecule has 2 fully saturated rings. The summed E-state index contributed by atoms with van der Waals surface area (Å²) in [5, 5.41) is 5.95. The number of carbonyl (C=O) groups is 1. The number of ether oxygens (including phenoxy) is 1. The van der Waals surface area contributed by atoms with Gasteiger partial charge in [-0.3, -0.25) is 14.9 Å². The van der Waals surface area contributed by atoms with Gasteiger partial charge < -0.3 is 10.1 Å². The van der Waals surface area contributed by atoms with Crippen LogP contribution in [0.4, 0.5) is 20.0 Å². The number of amides is 1. The number of nitrogens with zero attached hydrogens (tertiary/aromatic N) is 4. The van der Waals surface area contributed by atoms with Gasteiger partial charge in [0.15, 0.2) is 10.9 Å². The van der Waals surface area contributed by atoms with E-state index in [0.717, 1.165) is 43.0 Å². The summed E-state index contributed by atoms with van der Waals surface area (Å²) in [4.78, 5) is 26.7. The van der Waals surface area contributed by atoms with Crippen LogP contribution in [0.25, 0.3) is 11.4 Å². The quantitative estimate of drug-likeness (QED) is 0.481. The van der Waals surface area contributed by atoms with Crippen molar-refractivity contribution in [1.82, 2.24) is 15.0 Å². The molecule has 1 N–H and O–H groups in total. The molecule has 4 heterocycles. The van der Waals surface area contributed by atoms with Gasteiger partial charge in [0, 0.05) is 24.3 Å². The van der Waals surface area contributed by atoms with Gasteiger partial charge in [0.1, 0.15) is 17.0 Å². The van der Waals surface area contributed by atoms with E-state index < -0.39 is 5.60 Å². The molecular formula is C22H24Cl2FN5O2S. The molecule has 1 saturated carbocycles. The summed E-state index contributed by atoms with van der Waals surface area (Å²) in [5.41, 5.74) is 1.18. The standard InChI is InChI=1S/C22H22FN5O2S.2ClH/c23-17-4-2-10-25-19(17)18-13-31-20(27-18)26-11-15-5-7-22(8-6-15)14-28(21(29)30-22)16-3-1-9-24-12-16;;/h1-4,9-10,12-13,15H,5-8,11,14H2,(H,26,27);2*1H/t15-,22-;;. The van der Waals surface area contributed by atoms with E-state index in [4.69, 9.17) is 4.74 Å². The molecule has 176 valence electrons. The zero-order chi connectivity index (χ0) is 21.3. The van der Waals surface area contributed by atoms with Crippen LogP contribution in [0.3, 0.4) is 0 Å². The zero-order valence-electron chi connectivity index (χ0n) is 17.6. The molecule has 1 aliphatic heterocycles. The lowest BCUT2D eigenvalue weighted by Gasteiger charge is -2.35. The van der Waals surface area contributed by atoms with Crippen LogP contribution >= 0.6 is 36.2 Å². The predicted molar refractivity (Wildman–Crippen MR) is 131 cm³/mol. The average Bonchev–Trinajstić information content (AvgIpc) is 3.39. The van der Waals surface area contributed by atoms with Gasteiger partial charge in [-0.25, -0.2) is 14.2 Å². The van der Waals surface area contributed by atoms with Crippen molar-refractivity contribution < 1.29 is 13.9 Å². The van der Waals surface area contributed by atoms with Crippen molar-refractivity contribution in [2.24, 2.45) is 5.92 Å². The van der Waals surface area contributed by atoms with Gasteiger partial charge in [-0.1, -0.05) is 0 Å². The minimum atomic E-state index is -0.408. The third-order valence-corrected chi connectivity index (χ3v) is 6.79. The molecule has 1 spiro atoms. The molecule has 5 rings (SSSR count). The molecule has 0 bridgehead atoms. The Labute approximate surface area is 207 Å². The first-order chi connectivity index (χ1) is 15.1. The van der Waals surface area contributed by atoms with Gasteiger partial charge in [0.05, 0.1) is 18.4 Å². The number of pyridine rings is 2. The minimum absolute atomic E-state index is 0. The first kappa shape index (κ1) is 25.1. The van der Waals surface area contributed by atoms with Crippen LogP contribution in [-0.2, 0) is 4.74 Å². The molecule has 1 aliphatic carbocycles. The molecule has 11 heteroatoms. The molecule has 3 aromatic rings. The number of aromatic nitrogens is 3. The number of carbonyl (C=O) groups excluding carboxylic acids is 1. The van der Waals surface area contributed by atoms with Crippen molar-refractivity contribution in [2.75, 3.05) is 23.3 Å². The van der Waals surface area contributed by atoms with Crippen LogP contribution in [0.15, 0.2) is 48.2 Å². The van der Waals surface area contributed by atoms with Gasteiger partial charge in [-0.15, -0.1) is 36.2 Å². The fraction of sp³-hybridized carbons (Fsp3) is 0.364. The van der Waals surface area contributed by atoms with E-state index in [-0.39, 0.29) is 42.4 Å². The maximum absolute atomic E-state index is 13.9. The lowest BCUT2D eigenvalue weighted by Crippen LogP contribution is -2.39. The number of hydrogen-bond acceptors (Lipinski definition) is 7. The Balaban J connectivity index is 0.00000153. The van der Waals surface area contributed by atoms with Crippen molar-refractivity contribution in [3.8, 4) is 11.4 Å². The second-order valence-electron chi connectivity index (χ2n) is 8.04. The monoisotopic (exact) mass is 511 g/mol. The summed E-state index contributed by atoms with van der Waals surface area (Å²) < 4.78 is 19.7. The molecule has 0 radical (unpaired) electrons. The van der Waals surface area contributed by atoms with Crippen molar-refractivity contribution >= 4 is 53.1 Å². The highest BCUT2D eigenvalue weighted by Gasteiger charge is 2.47. The Kier molecular flexibility index (Phi) is 8.10. The first-order valence-electron chi connectivity index (χ1n) is 10.3. The number of hydrogen-bond donors (Lipinski definition) is 1. The Hall–Kier alpha value is -2.49. The minimum Gasteiger partial charge on any atom is -0.441 e. The molecule has 0 atom stereocenters. The fourth-order valence-electron chi connectivity index (χ4n) is 4.27. The smallest absolute Gasteiger partial charge is 0.415 e. The molecule has 1 amide bonds. The summed E-state index contributed by atoms with van der Waals surface area (Å²) in [6.07, 6.45) is 8.26. The van der Waals surface area contributed by atoms with Crippen molar-refractivity contribution in [3.63, 3.8) is 0 Å². The van der Waals surface area contributed by atoms with Gasteiger partial charge >= 0.3 is 6.09 Å². The fourth-order valence-corrected chi connectivity index (χ4v) is 4.98. The second-order valence-corrected chi connectivity index (χ2v) is 8.90. The molecule has 2 aliphatic rings. The molecule has 33 heavy (non-hydrogen) atoms. The average molecular weight is 512 g/mol. The number of thiazole rings is 1. The van der Waals surface area contributed by atoms with Gasteiger partial charge in [-0.2, -0.15) is 0 Å². The number of anilines is 2. The van der Waals surface area contributed by atoms with Crippen LogP contribution in [0.5, 0.6) is 0 Å². The van der Waals surface area contributed by atoms with Crippen LogP contribution in [0.1, 0.15) is 25.7 Å². The van der Waals surface area contributed by atoms with E-state index >= 15 is 0 Å². The summed E-state index contributed by atoms with van der Waals surface area (Å²) in [5.74, 6) is 0.0964. The highest BCUT2D eigenvalue weighted by atomic mass is 35.5. The van der Waals surface area contributed by atoms with E-state index in [1.807, 2.05) is 17.5 Å². The summed E-state index contributed by atoms with van der Waals surface area (Å²) in [6.45, 7) is 1.36.